The van der Waals surface area contributed by atoms with Gasteiger partial charge in [0.25, 0.3) is 5.56 Å². The van der Waals surface area contributed by atoms with Crippen LogP contribution in [-0.2, 0) is 4.74 Å². The van der Waals surface area contributed by atoms with Crippen molar-refractivity contribution in [1.82, 2.24) is 9.78 Å². The van der Waals surface area contributed by atoms with Crippen LogP contribution in [0.2, 0.25) is 0 Å². The number of aromatic nitrogens is 2. The number of anilines is 2. The number of esters is 1. The Labute approximate surface area is 179 Å². The first kappa shape index (κ1) is 20.6. The van der Waals surface area contributed by atoms with Crippen molar-refractivity contribution in [2.45, 2.75) is 6.92 Å². The lowest BCUT2D eigenvalue weighted by atomic mass is 10.2. The molecule has 1 fully saturated rings. The van der Waals surface area contributed by atoms with E-state index in [1.165, 1.54) is 30.3 Å². The van der Waals surface area contributed by atoms with E-state index in [1.807, 2.05) is 23.1 Å². The fourth-order valence-electron chi connectivity index (χ4n) is 3.64. The van der Waals surface area contributed by atoms with Gasteiger partial charge in [-0.1, -0.05) is 18.2 Å². The zero-order valence-electron chi connectivity index (χ0n) is 17.2. The molecule has 1 saturated heterocycles. The van der Waals surface area contributed by atoms with Crippen LogP contribution >= 0.6 is 0 Å². The quantitative estimate of drug-likeness (QED) is 0.589. The summed E-state index contributed by atoms with van der Waals surface area (Å²) in [5, 5.41) is 4.29. The summed E-state index contributed by atoms with van der Waals surface area (Å²) in [6.45, 7) is 4.65. The fraction of sp³-hybridized carbons (Fsp3) is 0.261. The van der Waals surface area contributed by atoms with Crippen molar-refractivity contribution in [2.24, 2.45) is 0 Å². The van der Waals surface area contributed by atoms with Gasteiger partial charge in [0.2, 0.25) is 0 Å². The first-order valence-electron chi connectivity index (χ1n) is 10.2. The summed E-state index contributed by atoms with van der Waals surface area (Å²) in [5.41, 5.74) is 1.63. The van der Waals surface area contributed by atoms with Crippen molar-refractivity contribution >= 4 is 17.3 Å². The van der Waals surface area contributed by atoms with Gasteiger partial charge in [-0.15, -0.1) is 0 Å². The van der Waals surface area contributed by atoms with Gasteiger partial charge in [-0.3, -0.25) is 4.79 Å². The summed E-state index contributed by atoms with van der Waals surface area (Å²) >= 11 is 0. The Bertz CT molecular complexity index is 1110. The Kier molecular flexibility index (Phi) is 5.97. The van der Waals surface area contributed by atoms with E-state index in [1.54, 1.807) is 6.92 Å². The van der Waals surface area contributed by atoms with Gasteiger partial charge in [-0.25, -0.2) is 9.18 Å². The van der Waals surface area contributed by atoms with Gasteiger partial charge in [0.15, 0.2) is 5.69 Å². The Morgan fingerprint density at radius 3 is 2.26 bits per heavy atom. The molecule has 0 unspecified atom stereocenters. The number of ether oxygens (including phenoxy) is 1. The lowest BCUT2D eigenvalue weighted by Crippen LogP contribution is -2.47. The fourth-order valence-corrected chi connectivity index (χ4v) is 3.64. The summed E-state index contributed by atoms with van der Waals surface area (Å²) in [5.74, 6) is -1.02. The van der Waals surface area contributed by atoms with Gasteiger partial charge in [0.1, 0.15) is 5.82 Å². The molecule has 3 aromatic rings. The number of benzene rings is 2. The molecule has 31 heavy (non-hydrogen) atoms. The van der Waals surface area contributed by atoms with Crippen molar-refractivity contribution in [3.8, 4) is 5.69 Å². The molecule has 1 aliphatic rings. The van der Waals surface area contributed by atoms with E-state index in [0.717, 1.165) is 23.5 Å². The maximum Gasteiger partial charge on any atom is 0.360 e. The Morgan fingerprint density at radius 1 is 0.968 bits per heavy atom. The molecular formula is C23H23FN4O3. The molecule has 2 aromatic carbocycles. The minimum absolute atomic E-state index is 0.0685. The van der Waals surface area contributed by atoms with E-state index in [0.29, 0.717) is 24.5 Å². The number of rotatable bonds is 5. The molecule has 0 bridgehead atoms. The number of hydrogen-bond donors (Lipinski definition) is 0. The van der Waals surface area contributed by atoms with Crippen LogP contribution in [0.5, 0.6) is 0 Å². The molecule has 8 heteroatoms. The van der Waals surface area contributed by atoms with E-state index >= 15 is 0 Å². The first-order chi connectivity index (χ1) is 15.1. The van der Waals surface area contributed by atoms with E-state index in [4.69, 9.17) is 4.74 Å². The first-order valence-corrected chi connectivity index (χ1v) is 10.2. The molecular weight excluding hydrogens is 399 g/mol. The highest BCUT2D eigenvalue weighted by Crippen LogP contribution is 2.23. The van der Waals surface area contributed by atoms with Crippen LogP contribution in [0.4, 0.5) is 15.8 Å². The van der Waals surface area contributed by atoms with E-state index in [9.17, 15) is 14.0 Å². The largest absolute Gasteiger partial charge is 0.461 e. The molecule has 7 nitrogen and oxygen atoms in total. The van der Waals surface area contributed by atoms with Crippen molar-refractivity contribution in [3.63, 3.8) is 0 Å². The molecule has 160 valence electrons. The number of para-hydroxylation sites is 1. The van der Waals surface area contributed by atoms with Crippen molar-refractivity contribution < 1.29 is 13.9 Å². The van der Waals surface area contributed by atoms with Crippen molar-refractivity contribution in [2.75, 3.05) is 42.6 Å². The third-order valence-electron chi connectivity index (χ3n) is 5.19. The molecule has 0 amide bonds. The number of hydrogen-bond acceptors (Lipinski definition) is 6. The lowest BCUT2D eigenvalue weighted by molar-refractivity contribution is 0.0518. The second kappa shape index (κ2) is 8.99. The summed E-state index contributed by atoms with van der Waals surface area (Å²) in [6.07, 6.45) is 0. The number of halogens is 1. The van der Waals surface area contributed by atoms with Crippen LogP contribution in [0.1, 0.15) is 17.4 Å². The van der Waals surface area contributed by atoms with E-state index < -0.39 is 17.3 Å². The standard InChI is InChI=1S/C23H23FN4O3/c1-2-31-23(30)22-20(16-21(29)28(25-22)19-10-8-17(24)9-11-19)27-14-12-26(13-15-27)18-6-4-3-5-7-18/h3-11,16H,2,12-15H2,1H3. The van der Waals surface area contributed by atoms with Crippen LogP contribution in [0.3, 0.4) is 0 Å². The van der Waals surface area contributed by atoms with E-state index in [2.05, 4.69) is 22.1 Å². The van der Waals surface area contributed by atoms with Crippen LogP contribution in [0, 0.1) is 5.82 Å². The minimum atomic E-state index is -0.598. The minimum Gasteiger partial charge on any atom is -0.461 e. The predicted molar refractivity (Wildman–Crippen MR) is 117 cm³/mol. The number of carbonyl (C=O) groups is 1. The molecule has 0 atom stereocenters. The third kappa shape index (κ3) is 4.42. The lowest BCUT2D eigenvalue weighted by Gasteiger charge is -2.37. The summed E-state index contributed by atoms with van der Waals surface area (Å²) in [6, 6.07) is 16.9. The van der Waals surface area contributed by atoms with Gasteiger partial charge >= 0.3 is 5.97 Å². The predicted octanol–water partition coefficient (Wildman–Crippen LogP) is 2.87. The molecule has 0 N–H and O–H groups in total. The normalized spacial score (nSPS) is 13.9. The molecule has 1 aromatic heterocycles. The molecule has 1 aliphatic heterocycles. The highest BCUT2D eigenvalue weighted by atomic mass is 19.1. The average Bonchev–Trinajstić information content (AvgIpc) is 2.80. The number of carbonyl (C=O) groups excluding carboxylic acids is 1. The molecule has 0 aliphatic carbocycles. The maximum atomic E-state index is 13.3. The SMILES string of the molecule is CCOC(=O)c1nn(-c2ccc(F)cc2)c(=O)cc1N1CCN(c2ccccc2)CC1. The van der Waals surface area contributed by atoms with Crippen LogP contribution in [0.25, 0.3) is 5.69 Å². The Hall–Kier alpha value is -3.68. The highest BCUT2D eigenvalue weighted by molar-refractivity contribution is 5.93. The van der Waals surface area contributed by atoms with Gasteiger partial charge in [-0.2, -0.15) is 9.78 Å². The molecule has 0 spiro atoms. The molecule has 0 saturated carbocycles. The number of piperazine rings is 1. The summed E-state index contributed by atoms with van der Waals surface area (Å²) in [7, 11) is 0. The molecule has 2 heterocycles. The topological polar surface area (TPSA) is 67.7 Å². The zero-order valence-corrected chi connectivity index (χ0v) is 17.2. The van der Waals surface area contributed by atoms with Gasteiger partial charge < -0.3 is 14.5 Å². The monoisotopic (exact) mass is 422 g/mol. The third-order valence-corrected chi connectivity index (χ3v) is 5.19. The Morgan fingerprint density at radius 2 is 1.61 bits per heavy atom. The second-order valence-electron chi connectivity index (χ2n) is 7.13. The van der Waals surface area contributed by atoms with Crippen LogP contribution < -0.4 is 15.4 Å². The van der Waals surface area contributed by atoms with Crippen molar-refractivity contribution in [3.05, 3.63) is 82.5 Å². The maximum absolute atomic E-state index is 13.3. The zero-order chi connectivity index (χ0) is 21.8. The van der Waals surface area contributed by atoms with E-state index in [-0.39, 0.29) is 12.3 Å². The van der Waals surface area contributed by atoms with Gasteiger partial charge in [-0.05, 0) is 43.3 Å². The molecule has 0 radical (unpaired) electrons. The Balaban J connectivity index is 1.65. The summed E-state index contributed by atoms with van der Waals surface area (Å²) < 4.78 is 19.6. The van der Waals surface area contributed by atoms with Crippen LogP contribution in [0.15, 0.2) is 65.5 Å². The highest BCUT2D eigenvalue weighted by Gasteiger charge is 2.25. The number of nitrogens with zero attached hydrogens (tertiary/aromatic N) is 4. The van der Waals surface area contributed by atoms with Crippen LogP contribution in [-0.4, -0.2) is 48.5 Å². The smallest absolute Gasteiger partial charge is 0.360 e. The second-order valence-corrected chi connectivity index (χ2v) is 7.13. The van der Waals surface area contributed by atoms with Gasteiger partial charge in [0, 0.05) is 37.9 Å². The van der Waals surface area contributed by atoms with Gasteiger partial charge in [0.05, 0.1) is 18.0 Å². The average molecular weight is 422 g/mol. The summed E-state index contributed by atoms with van der Waals surface area (Å²) in [4.78, 5) is 29.7. The molecule has 4 rings (SSSR count). The van der Waals surface area contributed by atoms with Crippen molar-refractivity contribution in [1.29, 1.82) is 0 Å².